The number of hydrogen-bond donors (Lipinski definition) is 1. The van der Waals surface area contributed by atoms with Crippen LogP contribution < -0.4 is 5.32 Å². The average Bonchev–Trinajstić information content (AvgIpc) is 2.71. The maximum Gasteiger partial charge on any atom is 0.224 e. The standard InChI is InChI=1S/C24H27FN2O/c25-22-7-3-19(4-8-22)16-20-11-14-27(15-12-20)13-1-2-18-5-9-23-21(17-18)6-10-24(28)26-23/h1-5,7-9,17,20H,6,10-16H2,(H,26,28)/b2-1-. The maximum atomic E-state index is 13.0. The molecule has 0 spiro atoms. The predicted molar refractivity (Wildman–Crippen MR) is 112 cm³/mol. The molecule has 1 amide bonds. The van der Waals surface area contributed by atoms with Gasteiger partial charge in [0.1, 0.15) is 5.82 Å². The first-order valence-corrected chi connectivity index (χ1v) is 10.2. The van der Waals surface area contributed by atoms with Crippen molar-refractivity contribution >= 4 is 17.7 Å². The number of benzene rings is 2. The zero-order chi connectivity index (χ0) is 19.3. The first-order valence-electron chi connectivity index (χ1n) is 10.2. The monoisotopic (exact) mass is 378 g/mol. The van der Waals surface area contributed by atoms with E-state index in [-0.39, 0.29) is 11.7 Å². The fourth-order valence-electron chi connectivity index (χ4n) is 4.17. The van der Waals surface area contributed by atoms with Gasteiger partial charge in [-0.1, -0.05) is 30.4 Å². The van der Waals surface area contributed by atoms with Gasteiger partial charge >= 0.3 is 0 Å². The van der Waals surface area contributed by atoms with Gasteiger partial charge in [-0.05, 0) is 85.6 Å². The smallest absolute Gasteiger partial charge is 0.224 e. The molecule has 4 rings (SSSR count). The number of amides is 1. The molecular weight excluding hydrogens is 351 g/mol. The number of carbonyl (C=O) groups is 1. The lowest BCUT2D eigenvalue weighted by Crippen LogP contribution is -2.34. The Morgan fingerprint density at radius 3 is 2.64 bits per heavy atom. The lowest BCUT2D eigenvalue weighted by molar-refractivity contribution is -0.116. The summed E-state index contributed by atoms with van der Waals surface area (Å²) in [5, 5.41) is 2.93. The van der Waals surface area contributed by atoms with Gasteiger partial charge in [0.15, 0.2) is 0 Å². The third-order valence-corrected chi connectivity index (χ3v) is 5.84. The Bertz CT molecular complexity index is 851. The largest absolute Gasteiger partial charge is 0.326 e. The quantitative estimate of drug-likeness (QED) is 0.819. The topological polar surface area (TPSA) is 32.3 Å². The second kappa shape index (κ2) is 8.70. The van der Waals surface area contributed by atoms with Gasteiger partial charge in [0, 0.05) is 18.7 Å². The summed E-state index contributed by atoms with van der Waals surface area (Å²) in [4.78, 5) is 13.9. The van der Waals surface area contributed by atoms with Crippen molar-refractivity contribution in [2.45, 2.75) is 32.1 Å². The van der Waals surface area contributed by atoms with Crippen molar-refractivity contribution in [1.29, 1.82) is 0 Å². The molecule has 1 fully saturated rings. The normalized spacial score (nSPS) is 18.2. The minimum atomic E-state index is -0.158. The van der Waals surface area contributed by atoms with E-state index in [2.05, 4.69) is 34.5 Å². The molecule has 0 saturated carbocycles. The van der Waals surface area contributed by atoms with Crippen LogP contribution >= 0.6 is 0 Å². The van der Waals surface area contributed by atoms with Gasteiger partial charge in [-0.3, -0.25) is 9.69 Å². The molecule has 0 radical (unpaired) electrons. The van der Waals surface area contributed by atoms with Crippen LogP contribution in [0.2, 0.25) is 0 Å². The molecule has 2 heterocycles. The highest BCUT2D eigenvalue weighted by atomic mass is 19.1. The number of likely N-dealkylation sites (tertiary alicyclic amines) is 1. The van der Waals surface area contributed by atoms with Crippen LogP contribution in [-0.4, -0.2) is 30.4 Å². The molecular formula is C24H27FN2O. The van der Waals surface area contributed by atoms with Gasteiger partial charge in [0.05, 0.1) is 0 Å². The second-order valence-corrected chi connectivity index (χ2v) is 7.94. The number of anilines is 1. The molecule has 0 unspecified atom stereocenters. The van der Waals surface area contributed by atoms with Crippen LogP contribution in [0, 0.1) is 11.7 Å². The van der Waals surface area contributed by atoms with Crippen LogP contribution in [0.5, 0.6) is 0 Å². The molecule has 2 aliphatic rings. The minimum Gasteiger partial charge on any atom is -0.326 e. The van der Waals surface area contributed by atoms with E-state index in [9.17, 15) is 9.18 Å². The second-order valence-electron chi connectivity index (χ2n) is 7.94. The summed E-state index contributed by atoms with van der Waals surface area (Å²) in [6.45, 7) is 3.20. The van der Waals surface area contributed by atoms with E-state index in [4.69, 9.17) is 0 Å². The van der Waals surface area contributed by atoms with Gasteiger partial charge in [0.2, 0.25) is 5.91 Å². The summed E-state index contributed by atoms with van der Waals surface area (Å²) in [6, 6.07) is 13.2. The molecule has 3 nitrogen and oxygen atoms in total. The number of piperidine rings is 1. The van der Waals surface area contributed by atoms with Crippen LogP contribution in [0.25, 0.3) is 6.08 Å². The Morgan fingerprint density at radius 2 is 1.86 bits per heavy atom. The Morgan fingerprint density at radius 1 is 1.07 bits per heavy atom. The van der Waals surface area contributed by atoms with E-state index >= 15 is 0 Å². The van der Waals surface area contributed by atoms with Crippen LogP contribution in [-0.2, 0) is 17.6 Å². The zero-order valence-corrected chi connectivity index (χ0v) is 16.2. The van der Waals surface area contributed by atoms with E-state index < -0.39 is 0 Å². The molecule has 2 aromatic rings. The minimum absolute atomic E-state index is 0.110. The summed E-state index contributed by atoms with van der Waals surface area (Å²) >= 11 is 0. The molecule has 0 atom stereocenters. The molecule has 4 heteroatoms. The number of nitrogens with one attached hydrogen (secondary N) is 1. The Hall–Kier alpha value is -2.46. The Labute approximate surface area is 166 Å². The van der Waals surface area contributed by atoms with Crippen LogP contribution in [0.4, 0.5) is 10.1 Å². The summed E-state index contributed by atoms with van der Waals surface area (Å²) < 4.78 is 13.0. The molecule has 2 aliphatic heterocycles. The molecule has 0 aromatic heterocycles. The highest BCUT2D eigenvalue weighted by Crippen LogP contribution is 2.24. The van der Waals surface area contributed by atoms with Crippen molar-refractivity contribution in [3.05, 3.63) is 71.0 Å². The van der Waals surface area contributed by atoms with E-state index in [0.717, 1.165) is 38.2 Å². The molecule has 0 bridgehead atoms. The van der Waals surface area contributed by atoms with Gasteiger partial charge in [-0.25, -0.2) is 4.39 Å². The number of rotatable bonds is 5. The number of aryl methyl sites for hydroxylation is 1. The van der Waals surface area contributed by atoms with Gasteiger partial charge in [-0.2, -0.15) is 0 Å². The summed E-state index contributed by atoms with van der Waals surface area (Å²) in [5.41, 5.74) is 4.62. The third-order valence-electron chi connectivity index (χ3n) is 5.84. The fourth-order valence-corrected chi connectivity index (χ4v) is 4.17. The van der Waals surface area contributed by atoms with Crippen molar-refractivity contribution in [1.82, 2.24) is 4.90 Å². The molecule has 0 aliphatic carbocycles. The highest BCUT2D eigenvalue weighted by molar-refractivity contribution is 5.94. The van der Waals surface area contributed by atoms with Crippen LogP contribution in [0.3, 0.4) is 0 Å². The molecule has 1 saturated heterocycles. The van der Waals surface area contributed by atoms with Gasteiger partial charge in [-0.15, -0.1) is 0 Å². The summed E-state index contributed by atoms with van der Waals surface area (Å²) in [7, 11) is 0. The molecule has 1 N–H and O–H groups in total. The first-order chi connectivity index (χ1) is 13.7. The highest BCUT2D eigenvalue weighted by Gasteiger charge is 2.19. The Kier molecular flexibility index (Phi) is 5.87. The SMILES string of the molecule is O=C1CCc2cc(/C=C\CN3CCC(Cc4ccc(F)cc4)CC3)ccc2N1. The van der Waals surface area contributed by atoms with E-state index in [1.807, 2.05) is 18.2 Å². The first kappa shape index (κ1) is 18.9. The number of halogens is 1. The van der Waals surface area contributed by atoms with Crippen molar-refractivity contribution in [3.63, 3.8) is 0 Å². The summed E-state index contributed by atoms with van der Waals surface area (Å²) in [5.74, 6) is 0.647. The predicted octanol–water partition coefficient (Wildman–Crippen LogP) is 4.68. The van der Waals surface area contributed by atoms with Crippen molar-refractivity contribution in [2.75, 3.05) is 25.0 Å². The average molecular weight is 378 g/mol. The van der Waals surface area contributed by atoms with Crippen molar-refractivity contribution in [3.8, 4) is 0 Å². The number of carbonyl (C=O) groups excluding carboxylic acids is 1. The number of hydrogen-bond acceptors (Lipinski definition) is 2. The lowest BCUT2D eigenvalue weighted by atomic mass is 9.90. The lowest BCUT2D eigenvalue weighted by Gasteiger charge is -2.31. The van der Waals surface area contributed by atoms with Gasteiger partial charge in [0.25, 0.3) is 0 Å². The van der Waals surface area contributed by atoms with Crippen LogP contribution in [0.15, 0.2) is 48.5 Å². The van der Waals surface area contributed by atoms with Gasteiger partial charge < -0.3 is 5.32 Å². The fraction of sp³-hybridized carbons (Fsp3) is 0.375. The number of nitrogens with zero attached hydrogens (tertiary/aromatic N) is 1. The molecule has 146 valence electrons. The third kappa shape index (κ3) is 4.87. The van der Waals surface area contributed by atoms with Crippen molar-refractivity contribution < 1.29 is 9.18 Å². The van der Waals surface area contributed by atoms with E-state index in [1.54, 1.807) is 12.1 Å². The van der Waals surface area contributed by atoms with Crippen molar-refractivity contribution in [2.24, 2.45) is 5.92 Å². The van der Waals surface area contributed by atoms with Crippen LogP contribution in [0.1, 0.15) is 36.0 Å². The zero-order valence-electron chi connectivity index (χ0n) is 16.2. The maximum absolute atomic E-state index is 13.0. The van der Waals surface area contributed by atoms with E-state index in [0.29, 0.717) is 12.3 Å². The van der Waals surface area contributed by atoms with E-state index in [1.165, 1.54) is 29.5 Å². The Balaban J connectivity index is 1.24. The molecule has 2 aromatic carbocycles. The number of fused-ring (bicyclic) bond motifs is 1. The molecule has 28 heavy (non-hydrogen) atoms. The summed E-state index contributed by atoms with van der Waals surface area (Å²) in [6.07, 6.45) is 9.27.